The quantitative estimate of drug-likeness (QED) is 0.727. The third kappa shape index (κ3) is 2.45. The summed E-state index contributed by atoms with van der Waals surface area (Å²) < 4.78 is 36.6. The first-order chi connectivity index (χ1) is 6.44. The van der Waals surface area contributed by atoms with Crippen LogP contribution in [0, 0.1) is 18.3 Å². The molecule has 4 nitrogen and oxygen atoms in total. The highest BCUT2D eigenvalue weighted by molar-refractivity contribution is 5.12. The zero-order valence-corrected chi connectivity index (χ0v) is 7.34. The van der Waals surface area contributed by atoms with Crippen LogP contribution in [0.3, 0.4) is 0 Å². The Morgan fingerprint density at radius 1 is 1.50 bits per heavy atom. The summed E-state index contributed by atoms with van der Waals surface area (Å²) in [6.07, 6.45) is -4.34. The van der Waals surface area contributed by atoms with Crippen LogP contribution in [0.2, 0.25) is 0 Å². The first kappa shape index (κ1) is 10.5. The van der Waals surface area contributed by atoms with Crippen molar-refractivity contribution in [2.24, 2.45) is 0 Å². The summed E-state index contributed by atoms with van der Waals surface area (Å²) in [4.78, 5) is 0. The lowest BCUT2D eigenvalue weighted by atomic mass is 10.3. The maximum absolute atomic E-state index is 12.0. The van der Waals surface area contributed by atoms with Crippen LogP contribution in [0.15, 0.2) is 0 Å². The number of rotatable bonds is 2. The lowest BCUT2D eigenvalue weighted by Gasteiger charge is -2.06. The third-order valence-corrected chi connectivity index (χ3v) is 1.65. The number of hydrogen-bond acceptors (Lipinski definition) is 3. The molecule has 0 saturated carbocycles. The van der Waals surface area contributed by atoms with E-state index in [9.17, 15) is 13.2 Å². The largest absolute Gasteiger partial charge is 0.408 e. The first-order valence-corrected chi connectivity index (χ1v) is 3.76. The number of hydrogen-bond donors (Lipinski definition) is 0. The minimum Gasteiger partial charge on any atom is -0.240 e. The van der Waals surface area contributed by atoms with Crippen molar-refractivity contribution in [2.45, 2.75) is 26.1 Å². The molecule has 0 aliphatic rings. The fourth-order valence-corrected chi connectivity index (χ4v) is 0.955. The van der Waals surface area contributed by atoms with Gasteiger partial charge in [0.1, 0.15) is 6.54 Å². The van der Waals surface area contributed by atoms with Gasteiger partial charge in [-0.15, -0.1) is 5.10 Å². The maximum Gasteiger partial charge on any atom is 0.408 e. The van der Waals surface area contributed by atoms with Crippen molar-refractivity contribution in [3.63, 3.8) is 0 Å². The molecule has 1 rings (SSSR count). The molecular formula is C7H7F3N4. The average molecular weight is 204 g/mol. The van der Waals surface area contributed by atoms with E-state index in [4.69, 9.17) is 5.26 Å². The van der Waals surface area contributed by atoms with Gasteiger partial charge in [-0.2, -0.15) is 18.4 Å². The van der Waals surface area contributed by atoms with Gasteiger partial charge in [-0.05, 0) is 6.92 Å². The summed E-state index contributed by atoms with van der Waals surface area (Å²) in [5.41, 5.74) is 0.570. The van der Waals surface area contributed by atoms with Crippen LogP contribution >= 0.6 is 0 Å². The van der Waals surface area contributed by atoms with E-state index in [0.717, 1.165) is 4.68 Å². The summed E-state index contributed by atoms with van der Waals surface area (Å²) in [6.45, 7) is 0.287. The Hall–Kier alpha value is -1.58. The first-order valence-electron chi connectivity index (χ1n) is 3.76. The zero-order chi connectivity index (χ0) is 10.8. The van der Waals surface area contributed by atoms with Gasteiger partial charge < -0.3 is 0 Å². The van der Waals surface area contributed by atoms with Gasteiger partial charge in [0, 0.05) is 0 Å². The minimum atomic E-state index is -4.32. The van der Waals surface area contributed by atoms with Crippen LogP contribution in [0.1, 0.15) is 11.4 Å². The van der Waals surface area contributed by atoms with Crippen molar-refractivity contribution in [1.29, 1.82) is 5.26 Å². The average Bonchev–Trinajstić information content (AvgIpc) is 2.34. The highest BCUT2D eigenvalue weighted by Gasteiger charge is 2.29. The van der Waals surface area contributed by atoms with E-state index < -0.39 is 12.7 Å². The van der Waals surface area contributed by atoms with Crippen LogP contribution in [-0.4, -0.2) is 21.2 Å². The van der Waals surface area contributed by atoms with Crippen molar-refractivity contribution in [2.75, 3.05) is 0 Å². The lowest BCUT2D eigenvalue weighted by molar-refractivity contribution is -0.143. The molecule has 0 fully saturated rings. The molecule has 0 N–H and O–H groups in total. The molecule has 0 saturated heterocycles. The van der Waals surface area contributed by atoms with Gasteiger partial charge in [0.15, 0.2) is 0 Å². The second kappa shape index (κ2) is 3.65. The molecule has 1 aromatic heterocycles. The molecule has 0 radical (unpaired) electrons. The second-order valence-corrected chi connectivity index (χ2v) is 2.73. The fraction of sp³-hybridized carbons (Fsp3) is 0.571. The van der Waals surface area contributed by atoms with E-state index in [1.165, 1.54) is 6.92 Å². The molecule has 0 aromatic carbocycles. The number of alkyl halides is 3. The summed E-state index contributed by atoms with van der Waals surface area (Å²) in [5, 5.41) is 15.1. The Morgan fingerprint density at radius 2 is 2.14 bits per heavy atom. The summed E-state index contributed by atoms with van der Waals surface area (Å²) in [6, 6.07) is 1.80. The van der Waals surface area contributed by atoms with E-state index in [0.29, 0.717) is 0 Å². The van der Waals surface area contributed by atoms with Gasteiger partial charge >= 0.3 is 6.18 Å². The molecule has 76 valence electrons. The van der Waals surface area contributed by atoms with Crippen LogP contribution in [0.5, 0.6) is 0 Å². The number of nitriles is 1. The van der Waals surface area contributed by atoms with Crippen LogP contribution in [-0.2, 0) is 13.0 Å². The molecular weight excluding hydrogens is 197 g/mol. The highest BCUT2D eigenvalue weighted by Crippen LogP contribution is 2.18. The number of halogens is 3. The highest BCUT2D eigenvalue weighted by atomic mass is 19.4. The molecule has 14 heavy (non-hydrogen) atoms. The smallest absolute Gasteiger partial charge is 0.240 e. The van der Waals surface area contributed by atoms with E-state index in [1.54, 1.807) is 6.07 Å². The second-order valence-electron chi connectivity index (χ2n) is 2.73. The van der Waals surface area contributed by atoms with Crippen molar-refractivity contribution in [3.8, 4) is 6.07 Å². The van der Waals surface area contributed by atoms with Gasteiger partial charge in [-0.25, -0.2) is 4.68 Å². The van der Waals surface area contributed by atoms with Crippen LogP contribution in [0.25, 0.3) is 0 Å². The van der Waals surface area contributed by atoms with Gasteiger partial charge in [0.25, 0.3) is 0 Å². The Kier molecular flexibility index (Phi) is 2.74. The summed E-state index contributed by atoms with van der Waals surface area (Å²) in [7, 11) is 0. The Balaban J connectivity index is 2.86. The molecule has 0 aliphatic carbocycles. The van der Waals surface area contributed by atoms with Crippen molar-refractivity contribution >= 4 is 0 Å². The van der Waals surface area contributed by atoms with Crippen molar-refractivity contribution < 1.29 is 13.2 Å². The van der Waals surface area contributed by atoms with Gasteiger partial charge in [0.2, 0.25) is 0 Å². The molecule has 1 aromatic rings. The number of nitrogens with zero attached hydrogens (tertiary/aromatic N) is 4. The molecule has 0 spiro atoms. The number of aromatic nitrogens is 3. The third-order valence-electron chi connectivity index (χ3n) is 1.65. The van der Waals surface area contributed by atoms with Crippen molar-refractivity contribution in [3.05, 3.63) is 11.4 Å². The van der Waals surface area contributed by atoms with E-state index in [2.05, 4.69) is 10.3 Å². The Morgan fingerprint density at radius 3 is 2.64 bits per heavy atom. The molecule has 0 unspecified atom stereocenters. The van der Waals surface area contributed by atoms with Gasteiger partial charge in [-0.3, -0.25) is 0 Å². The molecule has 0 amide bonds. The predicted octanol–water partition coefficient (Wildman–Crippen LogP) is 1.21. The van der Waals surface area contributed by atoms with Crippen LogP contribution in [0.4, 0.5) is 13.2 Å². The maximum atomic E-state index is 12.0. The minimum absolute atomic E-state index is 0.0241. The van der Waals surface area contributed by atoms with Crippen LogP contribution < -0.4 is 0 Å². The monoisotopic (exact) mass is 204 g/mol. The zero-order valence-electron chi connectivity index (χ0n) is 7.34. The van der Waals surface area contributed by atoms with E-state index >= 15 is 0 Å². The van der Waals surface area contributed by atoms with E-state index in [-0.39, 0.29) is 17.8 Å². The molecule has 1 heterocycles. The standard InChI is InChI=1S/C7H7F3N4/c1-5-6(2-3-11)12-13-14(5)4-7(8,9)10/h2,4H2,1H3. The lowest BCUT2D eigenvalue weighted by Crippen LogP contribution is -2.19. The molecule has 7 heteroatoms. The molecule has 0 bridgehead atoms. The molecule has 0 aliphatic heterocycles. The molecule has 0 atom stereocenters. The SMILES string of the molecule is Cc1c(CC#N)nnn1CC(F)(F)F. The van der Waals surface area contributed by atoms with Gasteiger partial charge in [0.05, 0.1) is 23.9 Å². The van der Waals surface area contributed by atoms with Crippen molar-refractivity contribution in [1.82, 2.24) is 15.0 Å². The normalized spacial score (nSPS) is 11.4. The van der Waals surface area contributed by atoms with Gasteiger partial charge in [-0.1, -0.05) is 5.21 Å². The Bertz CT molecular complexity index is 360. The predicted molar refractivity (Wildman–Crippen MR) is 40.1 cm³/mol. The van der Waals surface area contributed by atoms with E-state index in [1.807, 2.05) is 0 Å². The topological polar surface area (TPSA) is 54.5 Å². The summed E-state index contributed by atoms with van der Waals surface area (Å²) >= 11 is 0. The Labute approximate surface area is 77.9 Å². The fourth-order valence-electron chi connectivity index (χ4n) is 0.955. The summed E-state index contributed by atoms with van der Waals surface area (Å²) in [5.74, 6) is 0.